The number of carbonyl (C=O) groups excluding carboxylic acids is 1. The standard InChI is InChI=1S/C21H32N2O4/c1-15-12-18(17-7-4-8-17)27-21(25)19(15)20(24)22(2)13-16-6-5-9-23(14-16)10-11-26-3/h12,16-17H,4-11,13-14H2,1-3H3. The Balaban J connectivity index is 1.64. The molecule has 1 atom stereocenters. The van der Waals surface area contributed by atoms with Crippen LogP contribution in [0.25, 0.3) is 0 Å². The maximum absolute atomic E-state index is 12.9. The molecule has 0 bridgehead atoms. The summed E-state index contributed by atoms with van der Waals surface area (Å²) in [7, 11) is 3.51. The topological polar surface area (TPSA) is 63.0 Å². The first kappa shape index (κ1) is 20.1. The zero-order valence-electron chi connectivity index (χ0n) is 16.8. The minimum absolute atomic E-state index is 0.188. The van der Waals surface area contributed by atoms with Crippen molar-refractivity contribution < 1.29 is 13.9 Å². The Morgan fingerprint density at radius 2 is 2.11 bits per heavy atom. The molecule has 1 aromatic rings. The summed E-state index contributed by atoms with van der Waals surface area (Å²) in [4.78, 5) is 29.5. The first-order valence-electron chi connectivity index (χ1n) is 10.1. The van der Waals surface area contributed by atoms with Gasteiger partial charge in [0.25, 0.3) is 5.91 Å². The predicted molar refractivity (Wildman–Crippen MR) is 104 cm³/mol. The maximum Gasteiger partial charge on any atom is 0.349 e. The van der Waals surface area contributed by atoms with Gasteiger partial charge in [0, 0.05) is 39.7 Å². The van der Waals surface area contributed by atoms with Gasteiger partial charge in [-0.1, -0.05) is 6.42 Å². The maximum atomic E-state index is 12.9. The van der Waals surface area contributed by atoms with Crippen LogP contribution in [0.1, 0.15) is 59.7 Å². The van der Waals surface area contributed by atoms with Gasteiger partial charge in [0.1, 0.15) is 11.3 Å². The van der Waals surface area contributed by atoms with Crippen molar-refractivity contribution in [3.8, 4) is 0 Å². The fraction of sp³-hybridized carbons (Fsp3) is 0.714. The molecular formula is C21H32N2O4. The lowest BCUT2D eigenvalue weighted by Crippen LogP contribution is -2.43. The zero-order chi connectivity index (χ0) is 19.4. The van der Waals surface area contributed by atoms with Crippen molar-refractivity contribution in [1.29, 1.82) is 0 Å². The van der Waals surface area contributed by atoms with Crippen LogP contribution in [0, 0.1) is 12.8 Å². The van der Waals surface area contributed by atoms with E-state index in [9.17, 15) is 9.59 Å². The molecule has 27 heavy (non-hydrogen) atoms. The van der Waals surface area contributed by atoms with E-state index in [1.54, 1.807) is 19.1 Å². The number of carbonyl (C=O) groups is 1. The quantitative estimate of drug-likeness (QED) is 0.732. The Morgan fingerprint density at radius 3 is 2.74 bits per heavy atom. The van der Waals surface area contributed by atoms with Gasteiger partial charge in [0.2, 0.25) is 0 Å². The summed E-state index contributed by atoms with van der Waals surface area (Å²) in [6.45, 7) is 6.21. The number of rotatable bonds is 7. The molecule has 2 aliphatic rings. The molecule has 6 nitrogen and oxygen atoms in total. The van der Waals surface area contributed by atoms with Crippen LogP contribution in [0.2, 0.25) is 0 Å². The van der Waals surface area contributed by atoms with Crippen LogP contribution in [-0.2, 0) is 4.74 Å². The van der Waals surface area contributed by atoms with Crippen LogP contribution in [0.5, 0.6) is 0 Å². The average molecular weight is 376 g/mol. The van der Waals surface area contributed by atoms with Gasteiger partial charge in [-0.15, -0.1) is 0 Å². The number of piperidine rings is 1. The Bertz CT molecular complexity index is 711. The van der Waals surface area contributed by atoms with Gasteiger partial charge in [-0.25, -0.2) is 4.79 Å². The van der Waals surface area contributed by atoms with Gasteiger partial charge in [-0.05, 0) is 56.7 Å². The van der Waals surface area contributed by atoms with Gasteiger partial charge in [0.15, 0.2) is 0 Å². The number of ether oxygens (including phenoxy) is 1. The number of methoxy groups -OCH3 is 1. The van der Waals surface area contributed by atoms with Crippen LogP contribution < -0.4 is 5.63 Å². The molecular weight excluding hydrogens is 344 g/mol. The highest BCUT2D eigenvalue weighted by Crippen LogP contribution is 2.36. The minimum Gasteiger partial charge on any atom is -0.427 e. The van der Waals surface area contributed by atoms with E-state index < -0.39 is 5.63 Å². The molecule has 0 aromatic carbocycles. The fourth-order valence-corrected chi connectivity index (χ4v) is 4.17. The molecule has 150 valence electrons. The first-order chi connectivity index (χ1) is 13.0. The summed E-state index contributed by atoms with van der Waals surface area (Å²) in [5.74, 6) is 1.28. The van der Waals surface area contributed by atoms with Crippen LogP contribution in [-0.4, -0.2) is 62.7 Å². The van der Waals surface area contributed by atoms with Crippen molar-refractivity contribution in [2.24, 2.45) is 5.92 Å². The molecule has 1 unspecified atom stereocenters. The SMILES string of the molecule is COCCN1CCCC(CN(C)C(=O)c2c(C)cc(C3CCC3)oc2=O)C1. The summed E-state index contributed by atoms with van der Waals surface area (Å²) in [6, 6.07) is 1.89. The molecule has 3 rings (SSSR count). The normalized spacial score (nSPS) is 21.1. The molecule has 1 saturated heterocycles. The highest BCUT2D eigenvalue weighted by molar-refractivity contribution is 5.95. The molecule has 0 N–H and O–H groups in total. The zero-order valence-corrected chi connectivity index (χ0v) is 16.8. The van der Waals surface area contributed by atoms with E-state index in [0.717, 1.165) is 63.2 Å². The van der Waals surface area contributed by atoms with Gasteiger partial charge >= 0.3 is 5.63 Å². The van der Waals surface area contributed by atoms with Crippen molar-refractivity contribution in [3.05, 3.63) is 33.4 Å². The van der Waals surface area contributed by atoms with Crippen LogP contribution in [0.15, 0.2) is 15.3 Å². The fourth-order valence-electron chi connectivity index (χ4n) is 4.17. The number of nitrogens with zero attached hydrogens (tertiary/aromatic N) is 2. The molecule has 2 heterocycles. The summed E-state index contributed by atoms with van der Waals surface area (Å²) in [5, 5.41) is 0. The minimum atomic E-state index is -0.487. The molecule has 2 fully saturated rings. The number of hydrogen-bond donors (Lipinski definition) is 0. The Hall–Kier alpha value is -1.66. The molecule has 0 radical (unpaired) electrons. The average Bonchev–Trinajstić information content (AvgIpc) is 2.58. The van der Waals surface area contributed by atoms with Crippen molar-refractivity contribution in [1.82, 2.24) is 9.80 Å². The van der Waals surface area contributed by atoms with Crippen molar-refractivity contribution in [2.45, 2.75) is 44.9 Å². The second-order valence-electron chi connectivity index (χ2n) is 8.11. The lowest BCUT2D eigenvalue weighted by atomic mass is 9.83. The predicted octanol–water partition coefficient (Wildman–Crippen LogP) is 2.65. The summed E-state index contributed by atoms with van der Waals surface area (Å²) >= 11 is 0. The first-order valence-corrected chi connectivity index (χ1v) is 10.1. The van der Waals surface area contributed by atoms with Crippen LogP contribution >= 0.6 is 0 Å². The van der Waals surface area contributed by atoms with Gasteiger partial charge in [-0.2, -0.15) is 0 Å². The highest BCUT2D eigenvalue weighted by Gasteiger charge is 2.28. The second kappa shape index (κ2) is 9.02. The largest absolute Gasteiger partial charge is 0.427 e. The van der Waals surface area contributed by atoms with Gasteiger partial charge < -0.3 is 19.0 Å². The molecule has 1 saturated carbocycles. The molecule has 1 aromatic heterocycles. The smallest absolute Gasteiger partial charge is 0.349 e. The monoisotopic (exact) mass is 376 g/mol. The number of likely N-dealkylation sites (tertiary alicyclic amines) is 1. The van der Waals surface area contributed by atoms with E-state index in [0.29, 0.717) is 18.4 Å². The summed E-state index contributed by atoms with van der Waals surface area (Å²) in [5.41, 5.74) is 0.433. The van der Waals surface area contributed by atoms with E-state index in [4.69, 9.17) is 9.15 Å². The van der Waals surface area contributed by atoms with E-state index in [1.807, 2.05) is 13.0 Å². The second-order valence-corrected chi connectivity index (χ2v) is 8.11. The van der Waals surface area contributed by atoms with Gasteiger partial charge in [0.05, 0.1) is 6.61 Å². The van der Waals surface area contributed by atoms with E-state index >= 15 is 0 Å². The van der Waals surface area contributed by atoms with E-state index in [1.165, 1.54) is 6.42 Å². The van der Waals surface area contributed by atoms with Crippen LogP contribution in [0.4, 0.5) is 0 Å². The Kier molecular flexibility index (Phi) is 6.71. The molecule has 1 aliphatic heterocycles. The van der Waals surface area contributed by atoms with Gasteiger partial charge in [-0.3, -0.25) is 4.79 Å². The highest BCUT2D eigenvalue weighted by atomic mass is 16.5. The van der Waals surface area contributed by atoms with Crippen molar-refractivity contribution >= 4 is 5.91 Å². The third kappa shape index (κ3) is 4.79. The third-order valence-electron chi connectivity index (χ3n) is 5.98. The van der Waals surface area contributed by atoms with E-state index in [2.05, 4.69) is 4.90 Å². The third-order valence-corrected chi connectivity index (χ3v) is 5.98. The lowest BCUT2D eigenvalue weighted by molar-refractivity contribution is 0.0697. The number of amides is 1. The summed E-state index contributed by atoms with van der Waals surface area (Å²) in [6.07, 6.45) is 5.55. The van der Waals surface area contributed by atoms with Crippen LogP contribution in [0.3, 0.4) is 0 Å². The number of aryl methyl sites for hydroxylation is 1. The molecule has 0 spiro atoms. The van der Waals surface area contributed by atoms with Crippen molar-refractivity contribution in [3.63, 3.8) is 0 Å². The Morgan fingerprint density at radius 1 is 1.33 bits per heavy atom. The summed E-state index contributed by atoms with van der Waals surface area (Å²) < 4.78 is 10.7. The van der Waals surface area contributed by atoms with E-state index in [-0.39, 0.29) is 11.5 Å². The van der Waals surface area contributed by atoms with Crippen molar-refractivity contribution in [2.75, 3.05) is 46.9 Å². The molecule has 1 amide bonds. The Labute approximate surface area is 161 Å². The molecule has 6 heteroatoms. The molecule has 1 aliphatic carbocycles. The lowest BCUT2D eigenvalue weighted by Gasteiger charge is -2.34. The number of hydrogen-bond acceptors (Lipinski definition) is 5.